The van der Waals surface area contributed by atoms with Gasteiger partial charge in [0.05, 0.1) is 5.56 Å². The Morgan fingerprint density at radius 3 is 2.38 bits per heavy atom. The molecule has 1 atom stereocenters. The van der Waals surface area contributed by atoms with Crippen molar-refractivity contribution in [2.75, 3.05) is 7.05 Å². The fraction of sp³-hybridized carbons (Fsp3) is 0.625. The van der Waals surface area contributed by atoms with E-state index in [0.717, 1.165) is 19.3 Å². The van der Waals surface area contributed by atoms with Gasteiger partial charge in [-0.15, -0.1) is 0 Å². The quantitative estimate of drug-likeness (QED) is 0.549. The number of rotatable bonds is 8. The molecule has 0 fully saturated rings. The summed E-state index contributed by atoms with van der Waals surface area (Å²) in [6, 6.07) is 4.46. The SMILES string of the molecule is CCCCCCCC(NC)c1ccc(Br)c(C(F)(F)F)c1. The van der Waals surface area contributed by atoms with Gasteiger partial charge < -0.3 is 5.32 Å². The van der Waals surface area contributed by atoms with E-state index in [4.69, 9.17) is 0 Å². The number of benzene rings is 1. The molecule has 0 aliphatic carbocycles. The molecule has 0 saturated heterocycles. The van der Waals surface area contributed by atoms with E-state index < -0.39 is 11.7 Å². The van der Waals surface area contributed by atoms with E-state index in [2.05, 4.69) is 28.2 Å². The van der Waals surface area contributed by atoms with E-state index in [1.54, 1.807) is 13.1 Å². The van der Waals surface area contributed by atoms with Gasteiger partial charge in [0.2, 0.25) is 0 Å². The lowest BCUT2D eigenvalue weighted by Gasteiger charge is -2.19. The van der Waals surface area contributed by atoms with Crippen LogP contribution in [0.25, 0.3) is 0 Å². The van der Waals surface area contributed by atoms with Crippen molar-refractivity contribution < 1.29 is 13.2 Å². The summed E-state index contributed by atoms with van der Waals surface area (Å²) in [5.74, 6) is 0. The highest BCUT2D eigenvalue weighted by Crippen LogP contribution is 2.36. The minimum Gasteiger partial charge on any atom is -0.313 e. The van der Waals surface area contributed by atoms with Gasteiger partial charge in [0, 0.05) is 10.5 Å². The maximum absolute atomic E-state index is 12.9. The van der Waals surface area contributed by atoms with Gasteiger partial charge in [-0.2, -0.15) is 13.2 Å². The Bertz CT molecular complexity index is 432. The van der Waals surface area contributed by atoms with Crippen molar-refractivity contribution in [1.29, 1.82) is 0 Å². The summed E-state index contributed by atoms with van der Waals surface area (Å²) in [7, 11) is 1.80. The molecule has 0 aliphatic heterocycles. The lowest BCUT2D eigenvalue weighted by Crippen LogP contribution is -2.17. The second-order valence-corrected chi connectivity index (χ2v) is 6.14. The van der Waals surface area contributed by atoms with E-state index >= 15 is 0 Å². The zero-order chi connectivity index (χ0) is 15.9. The third-order valence-corrected chi connectivity index (χ3v) is 4.33. The van der Waals surface area contributed by atoms with Gasteiger partial charge in [0.1, 0.15) is 0 Å². The number of hydrogen-bond acceptors (Lipinski definition) is 1. The number of hydrogen-bond donors (Lipinski definition) is 1. The predicted octanol–water partition coefficient (Wildman–Crippen LogP) is 6.09. The maximum atomic E-state index is 12.9. The number of halogens is 4. The summed E-state index contributed by atoms with van der Waals surface area (Å²) >= 11 is 2.98. The maximum Gasteiger partial charge on any atom is 0.417 e. The zero-order valence-corrected chi connectivity index (χ0v) is 14.1. The number of unbranched alkanes of at least 4 members (excludes halogenated alkanes) is 4. The summed E-state index contributed by atoms with van der Waals surface area (Å²) in [5.41, 5.74) is 0.0924. The monoisotopic (exact) mass is 365 g/mol. The first kappa shape index (κ1) is 18.5. The largest absolute Gasteiger partial charge is 0.417 e. The molecule has 0 bridgehead atoms. The highest BCUT2D eigenvalue weighted by molar-refractivity contribution is 9.10. The summed E-state index contributed by atoms with van der Waals surface area (Å²) in [6.45, 7) is 2.16. The Morgan fingerprint density at radius 2 is 1.81 bits per heavy atom. The topological polar surface area (TPSA) is 12.0 Å². The predicted molar refractivity (Wildman–Crippen MR) is 84.3 cm³/mol. The van der Waals surface area contributed by atoms with Crippen molar-refractivity contribution in [2.24, 2.45) is 0 Å². The van der Waals surface area contributed by atoms with Gasteiger partial charge in [-0.1, -0.05) is 61.0 Å². The van der Waals surface area contributed by atoms with Crippen LogP contribution in [0.2, 0.25) is 0 Å². The van der Waals surface area contributed by atoms with Crippen LogP contribution in [0.3, 0.4) is 0 Å². The van der Waals surface area contributed by atoms with Crippen LogP contribution in [0.15, 0.2) is 22.7 Å². The minimum absolute atomic E-state index is 0.0270. The third kappa shape index (κ3) is 5.99. The Kier molecular flexibility index (Phi) is 7.74. The molecule has 1 nitrogen and oxygen atoms in total. The normalized spacial score (nSPS) is 13.4. The fourth-order valence-corrected chi connectivity index (χ4v) is 2.88. The molecule has 0 aliphatic rings. The average Bonchev–Trinajstić information content (AvgIpc) is 2.42. The van der Waals surface area contributed by atoms with Gasteiger partial charge in [0.15, 0.2) is 0 Å². The Morgan fingerprint density at radius 1 is 1.14 bits per heavy atom. The van der Waals surface area contributed by atoms with Gasteiger partial charge in [-0.25, -0.2) is 0 Å². The van der Waals surface area contributed by atoms with Crippen molar-refractivity contribution in [3.63, 3.8) is 0 Å². The molecule has 1 aromatic carbocycles. The van der Waals surface area contributed by atoms with Crippen molar-refractivity contribution in [3.05, 3.63) is 33.8 Å². The van der Waals surface area contributed by atoms with Crippen LogP contribution in [-0.2, 0) is 6.18 Å². The molecular formula is C16H23BrF3N. The fourth-order valence-electron chi connectivity index (χ4n) is 2.41. The first-order valence-electron chi connectivity index (χ1n) is 7.44. The van der Waals surface area contributed by atoms with Gasteiger partial charge in [-0.05, 0) is 31.2 Å². The molecule has 0 radical (unpaired) electrons. The van der Waals surface area contributed by atoms with E-state index in [1.807, 2.05) is 0 Å². The van der Waals surface area contributed by atoms with E-state index in [-0.39, 0.29) is 10.5 Å². The minimum atomic E-state index is -4.33. The summed E-state index contributed by atoms with van der Waals surface area (Å²) in [4.78, 5) is 0. The molecule has 0 heterocycles. The highest BCUT2D eigenvalue weighted by atomic mass is 79.9. The van der Waals surface area contributed by atoms with Gasteiger partial charge >= 0.3 is 6.18 Å². The van der Waals surface area contributed by atoms with Crippen molar-refractivity contribution in [3.8, 4) is 0 Å². The second kappa shape index (κ2) is 8.79. The van der Waals surface area contributed by atoms with Crippen molar-refractivity contribution >= 4 is 15.9 Å². The van der Waals surface area contributed by atoms with Gasteiger partial charge in [0.25, 0.3) is 0 Å². The van der Waals surface area contributed by atoms with E-state index in [0.29, 0.717) is 5.56 Å². The number of nitrogens with one attached hydrogen (secondary N) is 1. The number of alkyl halides is 3. The van der Waals surface area contributed by atoms with Crippen LogP contribution >= 0.6 is 15.9 Å². The van der Waals surface area contributed by atoms with Crippen molar-refractivity contribution in [1.82, 2.24) is 5.32 Å². The van der Waals surface area contributed by atoms with Gasteiger partial charge in [-0.3, -0.25) is 0 Å². The molecule has 0 aromatic heterocycles. The molecule has 0 amide bonds. The van der Waals surface area contributed by atoms with E-state index in [9.17, 15) is 13.2 Å². The van der Waals surface area contributed by atoms with Crippen molar-refractivity contribution in [2.45, 2.75) is 57.7 Å². The van der Waals surface area contributed by atoms with E-state index in [1.165, 1.54) is 31.4 Å². The zero-order valence-electron chi connectivity index (χ0n) is 12.6. The lowest BCUT2D eigenvalue weighted by molar-refractivity contribution is -0.138. The molecule has 1 unspecified atom stereocenters. The molecule has 21 heavy (non-hydrogen) atoms. The molecule has 1 aromatic rings. The van der Waals surface area contributed by atoms with Crippen LogP contribution in [-0.4, -0.2) is 7.05 Å². The van der Waals surface area contributed by atoms with Crippen LogP contribution in [0.1, 0.15) is 62.6 Å². The Labute approximate surface area is 133 Å². The van der Waals surface area contributed by atoms with Crippen LogP contribution in [0.5, 0.6) is 0 Å². The summed E-state index contributed by atoms with van der Waals surface area (Å²) in [6.07, 6.45) is 2.31. The first-order chi connectivity index (χ1) is 9.90. The molecule has 0 spiro atoms. The third-order valence-electron chi connectivity index (χ3n) is 3.64. The highest BCUT2D eigenvalue weighted by Gasteiger charge is 2.33. The average molecular weight is 366 g/mol. The second-order valence-electron chi connectivity index (χ2n) is 5.28. The molecule has 5 heteroatoms. The Balaban J connectivity index is 2.72. The molecule has 1 N–H and O–H groups in total. The summed E-state index contributed by atoms with van der Waals surface area (Å²) < 4.78 is 38.9. The van der Waals surface area contributed by atoms with Crippen LogP contribution in [0, 0.1) is 0 Å². The standard InChI is InChI=1S/C16H23BrF3N/c1-3-4-5-6-7-8-15(21-2)12-9-10-14(17)13(11-12)16(18,19)20/h9-11,15,21H,3-8H2,1-2H3. The molecule has 1 rings (SSSR count). The molecular weight excluding hydrogens is 343 g/mol. The molecule has 120 valence electrons. The van der Waals surface area contributed by atoms with Crippen LogP contribution < -0.4 is 5.32 Å². The smallest absolute Gasteiger partial charge is 0.313 e. The first-order valence-corrected chi connectivity index (χ1v) is 8.23. The van der Waals surface area contributed by atoms with Crippen LogP contribution in [0.4, 0.5) is 13.2 Å². The molecule has 0 saturated carbocycles. The summed E-state index contributed by atoms with van der Waals surface area (Å²) in [5, 5.41) is 3.12. The lowest BCUT2D eigenvalue weighted by atomic mass is 9.98. The Hall–Kier alpha value is -0.550.